The molecule has 1 atom stereocenters. The number of ether oxygens (including phenoxy) is 1. The van der Waals surface area contributed by atoms with E-state index in [4.69, 9.17) is 16.3 Å². The molecule has 0 saturated heterocycles. The van der Waals surface area contributed by atoms with E-state index in [1.54, 1.807) is 25.3 Å². The van der Waals surface area contributed by atoms with Crippen molar-refractivity contribution in [3.8, 4) is 5.75 Å². The van der Waals surface area contributed by atoms with Gasteiger partial charge >= 0.3 is 5.97 Å². The second-order valence-corrected chi connectivity index (χ2v) is 4.45. The number of aliphatic carboxylic acids is 1. The fraction of sp³-hybridized carbons (Fsp3) is 0.417. The number of benzene rings is 1. The fourth-order valence-electron chi connectivity index (χ4n) is 1.91. The summed E-state index contributed by atoms with van der Waals surface area (Å²) in [5, 5.41) is 9.73. The highest BCUT2D eigenvalue weighted by Gasteiger charge is 2.38. The number of halogens is 1. The Labute approximate surface area is 99.0 Å². The molecule has 1 fully saturated rings. The Hall–Kier alpha value is -1.22. The zero-order chi connectivity index (χ0) is 11.7. The first-order valence-electron chi connectivity index (χ1n) is 5.19. The Morgan fingerprint density at radius 1 is 1.56 bits per heavy atom. The number of carboxylic acids is 1. The van der Waals surface area contributed by atoms with Crippen LogP contribution < -0.4 is 4.74 Å². The van der Waals surface area contributed by atoms with Gasteiger partial charge in [-0.15, -0.1) is 0 Å². The van der Waals surface area contributed by atoms with Crippen LogP contribution in [-0.2, 0) is 4.79 Å². The van der Waals surface area contributed by atoms with Gasteiger partial charge in [-0.05, 0) is 42.5 Å². The van der Waals surface area contributed by atoms with E-state index >= 15 is 0 Å². The van der Waals surface area contributed by atoms with Crippen molar-refractivity contribution in [1.82, 2.24) is 0 Å². The Balaban J connectivity index is 2.39. The highest BCUT2D eigenvalue weighted by atomic mass is 35.5. The zero-order valence-corrected chi connectivity index (χ0v) is 9.70. The molecule has 2 rings (SSSR count). The Bertz CT molecular complexity index is 413. The summed E-state index contributed by atoms with van der Waals surface area (Å²) in [7, 11) is 1.56. The molecule has 0 radical (unpaired) electrons. The smallest absolute Gasteiger partial charge is 0.311 e. The van der Waals surface area contributed by atoms with Crippen LogP contribution in [0.3, 0.4) is 0 Å². The minimum Gasteiger partial charge on any atom is -0.497 e. The number of hydrogen-bond donors (Lipinski definition) is 1. The maximum Gasteiger partial charge on any atom is 0.311 e. The average Bonchev–Trinajstić information content (AvgIpc) is 3.05. The third kappa shape index (κ3) is 2.14. The van der Waals surface area contributed by atoms with Gasteiger partial charge in [0.1, 0.15) is 5.75 Å². The molecular formula is C12H13ClO3. The predicted octanol–water partition coefficient (Wildman–Crippen LogP) is 2.93. The molecule has 1 N–H and O–H groups in total. The predicted molar refractivity (Wildman–Crippen MR) is 61.1 cm³/mol. The van der Waals surface area contributed by atoms with Crippen LogP contribution in [0.15, 0.2) is 18.2 Å². The molecule has 0 spiro atoms. The molecule has 1 saturated carbocycles. The molecule has 1 aromatic carbocycles. The lowest BCUT2D eigenvalue weighted by atomic mass is 9.94. The minimum atomic E-state index is -0.808. The first-order valence-corrected chi connectivity index (χ1v) is 5.57. The SMILES string of the molecule is COc1ccc(Cl)c(C(C(=O)O)C2CC2)c1. The Morgan fingerprint density at radius 2 is 2.25 bits per heavy atom. The van der Waals surface area contributed by atoms with Gasteiger partial charge in [0.05, 0.1) is 13.0 Å². The second kappa shape index (κ2) is 4.34. The second-order valence-electron chi connectivity index (χ2n) is 4.04. The van der Waals surface area contributed by atoms with Crippen LogP contribution in [-0.4, -0.2) is 18.2 Å². The Kier molecular flexibility index (Phi) is 3.06. The van der Waals surface area contributed by atoms with Gasteiger partial charge in [0.25, 0.3) is 0 Å². The number of carboxylic acid groups (broad SMARTS) is 1. The molecule has 0 amide bonds. The Morgan fingerprint density at radius 3 is 2.75 bits per heavy atom. The molecule has 3 nitrogen and oxygen atoms in total. The molecule has 1 aliphatic rings. The topological polar surface area (TPSA) is 46.5 Å². The van der Waals surface area contributed by atoms with E-state index in [1.807, 2.05) is 0 Å². The van der Waals surface area contributed by atoms with Crippen LogP contribution in [0, 0.1) is 5.92 Å². The number of rotatable bonds is 4. The molecule has 0 aromatic heterocycles. The van der Waals surface area contributed by atoms with Gasteiger partial charge in [-0.2, -0.15) is 0 Å². The summed E-state index contributed by atoms with van der Waals surface area (Å²) in [5.74, 6) is -0.436. The van der Waals surface area contributed by atoms with E-state index in [-0.39, 0.29) is 5.92 Å². The summed E-state index contributed by atoms with van der Waals surface area (Å²) in [6, 6.07) is 5.14. The summed E-state index contributed by atoms with van der Waals surface area (Å²) in [6.07, 6.45) is 1.93. The maximum atomic E-state index is 11.2. The first-order chi connectivity index (χ1) is 7.63. The minimum absolute atomic E-state index is 0.224. The van der Waals surface area contributed by atoms with Crippen molar-refractivity contribution >= 4 is 17.6 Å². The van der Waals surface area contributed by atoms with Crippen LogP contribution in [0.25, 0.3) is 0 Å². The molecule has 0 heterocycles. The largest absolute Gasteiger partial charge is 0.497 e. The van der Waals surface area contributed by atoms with Crippen molar-refractivity contribution in [2.45, 2.75) is 18.8 Å². The average molecular weight is 241 g/mol. The van der Waals surface area contributed by atoms with Crippen LogP contribution >= 0.6 is 11.6 Å². The van der Waals surface area contributed by atoms with E-state index in [9.17, 15) is 9.90 Å². The fourth-order valence-corrected chi connectivity index (χ4v) is 2.14. The zero-order valence-electron chi connectivity index (χ0n) is 8.94. The summed E-state index contributed by atoms with van der Waals surface area (Å²) in [5.41, 5.74) is 0.663. The summed E-state index contributed by atoms with van der Waals surface area (Å²) >= 11 is 6.04. The third-order valence-electron chi connectivity index (χ3n) is 2.90. The van der Waals surface area contributed by atoms with E-state index in [0.717, 1.165) is 12.8 Å². The van der Waals surface area contributed by atoms with Crippen LogP contribution in [0.4, 0.5) is 0 Å². The van der Waals surface area contributed by atoms with Gasteiger partial charge in [0.2, 0.25) is 0 Å². The quantitative estimate of drug-likeness (QED) is 0.880. The highest BCUT2D eigenvalue weighted by Crippen LogP contribution is 2.45. The van der Waals surface area contributed by atoms with Crippen molar-refractivity contribution < 1.29 is 14.6 Å². The van der Waals surface area contributed by atoms with Crippen LogP contribution in [0.1, 0.15) is 24.3 Å². The molecular weight excluding hydrogens is 228 g/mol. The molecule has 1 aliphatic carbocycles. The van der Waals surface area contributed by atoms with Gasteiger partial charge in [-0.25, -0.2) is 0 Å². The molecule has 0 aliphatic heterocycles. The van der Waals surface area contributed by atoms with E-state index < -0.39 is 11.9 Å². The van der Waals surface area contributed by atoms with E-state index in [2.05, 4.69) is 0 Å². The van der Waals surface area contributed by atoms with E-state index in [1.165, 1.54) is 0 Å². The lowest BCUT2D eigenvalue weighted by Gasteiger charge is -2.14. The summed E-state index contributed by atoms with van der Waals surface area (Å²) < 4.78 is 5.09. The van der Waals surface area contributed by atoms with Crippen molar-refractivity contribution in [2.24, 2.45) is 5.92 Å². The standard InChI is InChI=1S/C12H13ClO3/c1-16-8-4-5-10(13)9(6-8)11(12(14)15)7-2-3-7/h4-7,11H,2-3H2,1H3,(H,14,15). The van der Waals surface area contributed by atoms with E-state index in [0.29, 0.717) is 16.3 Å². The molecule has 16 heavy (non-hydrogen) atoms. The van der Waals surface area contributed by atoms with Gasteiger partial charge in [0.15, 0.2) is 0 Å². The summed E-state index contributed by atoms with van der Waals surface area (Å²) in [6.45, 7) is 0. The number of methoxy groups -OCH3 is 1. The van der Waals surface area contributed by atoms with Crippen LogP contribution in [0.2, 0.25) is 5.02 Å². The number of carbonyl (C=O) groups is 1. The number of hydrogen-bond acceptors (Lipinski definition) is 2. The molecule has 86 valence electrons. The van der Waals surface area contributed by atoms with Gasteiger partial charge < -0.3 is 9.84 Å². The summed E-state index contributed by atoms with van der Waals surface area (Å²) in [4.78, 5) is 11.2. The van der Waals surface area contributed by atoms with Gasteiger partial charge in [-0.3, -0.25) is 4.79 Å². The maximum absolute atomic E-state index is 11.2. The first kappa shape index (κ1) is 11.3. The lowest BCUT2D eigenvalue weighted by molar-refractivity contribution is -0.139. The monoisotopic (exact) mass is 240 g/mol. The normalized spacial score (nSPS) is 16.9. The third-order valence-corrected chi connectivity index (χ3v) is 3.24. The molecule has 4 heteroatoms. The molecule has 1 aromatic rings. The van der Waals surface area contributed by atoms with Gasteiger partial charge in [-0.1, -0.05) is 11.6 Å². The van der Waals surface area contributed by atoms with Crippen molar-refractivity contribution in [1.29, 1.82) is 0 Å². The van der Waals surface area contributed by atoms with Crippen molar-refractivity contribution in [2.75, 3.05) is 7.11 Å². The van der Waals surface area contributed by atoms with Crippen molar-refractivity contribution in [3.63, 3.8) is 0 Å². The lowest BCUT2D eigenvalue weighted by Crippen LogP contribution is -2.14. The highest BCUT2D eigenvalue weighted by molar-refractivity contribution is 6.31. The molecule has 1 unspecified atom stereocenters. The van der Waals surface area contributed by atoms with Crippen LogP contribution in [0.5, 0.6) is 5.75 Å². The van der Waals surface area contributed by atoms with Gasteiger partial charge in [0, 0.05) is 5.02 Å². The molecule has 0 bridgehead atoms. The van der Waals surface area contributed by atoms with Crippen molar-refractivity contribution in [3.05, 3.63) is 28.8 Å².